The molecule has 1 saturated heterocycles. The molecule has 1 aromatic heterocycles. The van der Waals surface area contributed by atoms with Crippen molar-refractivity contribution in [3.8, 4) is 0 Å². The van der Waals surface area contributed by atoms with Gasteiger partial charge in [0.1, 0.15) is 6.61 Å². The summed E-state index contributed by atoms with van der Waals surface area (Å²) in [7, 11) is 0. The van der Waals surface area contributed by atoms with Gasteiger partial charge in [-0.1, -0.05) is 42.6 Å². The second kappa shape index (κ2) is 8.53. The van der Waals surface area contributed by atoms with Crippen molar-refractivity contribution >= 4 is 29.0 Å². The third-order valence-electron chi connectivity index (χ3n) is 3.39. The van der Waals surface area contributed by atoms with Crippen molar-refractivity contribution in [1.82, 2.24) is 9.88 Å². The zero-order valence-corrected chi connectivity index (χ0v) is 13.9. The number of hydrogen-bond donors (Lipinski definition) is 0. The van der Waals surface area contributed by atoms with Crippen LogP contribution in [0, 0.1) is 0 Å². The van der Waals surface area contributed by atoms with E-state index in [9.17, 15) is 9.59 Å². The lowest BCUT2D eigenvalue weighted by Crippen LogP contribution is -2.35. The minimum Gasteiger partial charge on any atom is -0.445 e. The average Bonchev–Trinajstić information content (AvgIpc) is 2.93. The lowest BCUT2D eigenvalue weighted by molar-refractivity contribution is -0.109. The number of likely N-dealkylation sites (tertiary alicyclic amines) is 1. The number of thioether (sulfide) groups is 1. The van der Waals surface area contributed by atoms with Gasteiger partial charge in [0, 0.05) is 31.1 Å². The molecule has 0 aromatic carbocycles. The summed E-state index contributed by atoms with van der Waals surface area (Å²) in [5.41, 5.74) is 0.967. The Morgan fingerprint density at radius 1 is 1.57 bits per heavy atom. The Morgan fingerprint density at radius 2 is 2.39 bits per heavy atom. The minimum atomic E-state index is -0.377. The fraction of sp³-hybridized carbons (Fsp3) is 0.353. The van der Waals surface area contributed by atoms with Crippen molar-refractivity contribution in [2.24, 2.45) is 0 Å². The SMILES string of the molecule is C=CCOC(=O)N1C[C@@H](SC(C)=O)C[C@H]1/C=C/c1cccnc1. The molecule has 0 N–H and O–H groups in total. The van der Waals surface area contributed by atoms with Crippen molar-refractivity contribution in [2.45, 2.75) is 24.6 Å². The van der Waals surface area contributed by atoms with Crippen molar-refractivity contribution in [3.63, 3.8) is 0 Å². The second-order valence-electron chi connectivity index (χ2n) is 5.20. The van der Waals surface area contributed by atoms with Crippen molar-refractivity contribution in [2.75, 3.05) is 13.2 Å². The fourth-order valence-corrected chi connectivity index (χ4v) is 3.45. The highest BCUT2D eigenvalue weighted by atomic mass is 32.2. The van der Waals surface area contributed by atoms with Gasteiger partial charge in [-0.05, 0) is 18.1 Å². The van der Waals surface area contributed by atoms with E-state index < -0.39 is 0 Å². The van der Waals surface area contributed by atoms with Crippen LogP contribution in [0.5, 0.6) is 0 Å². The van der Waals surface area contributed by atoms with Gasteiger partial charge in [-0.15, -0.1) is 0 Å². The molecule has 0 spiro atoms. The molecule has 1 amide bonds. The van der Waals surface area contributed by atoms with Crippen LogP contribution < -0.4 is 0 Å². The van der Waals surface area contributed by atoms with Crippen LogP contribution in [-0.4, -0.2) is 45.5 Å². The highest BCUT2D eigenvalue weighted by molar-refractivity contribution is 8.14. The standard InChI is InChI=1S/C17H20N2O3S/c1-3-9-22-17(21)19-12-16(23-13(2)20)10-15(19)7-6-14-5-4-8-18-11-14/h3-8,11,15-16H,1,9-10,12H2,2H3/b7-6+/t15-,16+/m1/s1. The van der Waals surface area contributed by atoms with Gasteiger partial charge in [-0.3, -0.25) is 9.78 Å². The molecule has 0 unspecified atom stereocenters. The summed E-state index contributed by atoms with van der Waals surface area (Å²) in [5, 5.41) is 0.152. The lowest BCUT2D eigenvalue weighted by atomic mass is 10.1. The van der Waals surface area contributed by atoms with Gasteiger partial charge in [0.25, 0.3) is 0 Å². The van der Waals surface area contributed by atoms with E-state index in [0.29, 0.717) is 6.54 Å². The summed E-state index contributed by atoms with van der Waals surface area (Å²) in [6.45, 7) is 5.77. The first-order valence-electron chi connectivity index (χ1n) is 7.40. The van der Waals surface area contributed by atoms with Gasteiger partial charge in [-0.25, -0.2) is 4.79 Å². The Bertz CT molecular complexity index is 589. The van der Waals surface area contributed by atoms with E-state index in [0.717, 1.165) is 12.0 Å². The van der Waals surface area contributed by atoms with Crippen LogP contribution in [0.1, 0.15) is 18.9 Å². The molecule has 1 fully saturated rings. The van der Waals surface area contributed by atoms with Crippen LogP contribution in [-0.2, 0) is 9.53 Å². The molecule has 1 aliphatic heterocycles. The van der Waals surface area contributed by atoms with E-state index in [2.05, 4.69) is 11.6 Å². The number of aromatic nitrogens is 1. The molecular formula is C17H20N2O3S. The van der Waals surface area contributed by atoms with Gasteiger partial charge in [-0.2, -0.15) is 0 Å². The van der Waals surface area contributed by atoms with E-state index in [4.69, 9.17) is 4.74 Å². The zero-order chi connectivity index (χ0) is 16.7. The maximum Gasteiger partial charge on any atom is 0.410 e. The molecule has 1 aliphatic rings. The Hall–Kier alpha value is -2.08. The monoisotopic (exact) mass is 332 g/mol. The predicted molar refractivity (Wildman–Crippen MR) is 92.0 cm³/mol. The predicted octanol–water partition coefficient (Wildman–Crippen LogP) is 3.14. The van der Waals surface area contributed by atoms with Crippen LogP contribution in [0.3, 0.4) is 0 Å². The molecule has 0 radical (unpaired) electrons. The molecule has 6 heteroatoms. The second-order valence-corrected chi connectivity index (χ2v) is 6.68. The largest absolute Gasteiger partial charge is 0.445 e. The van der Waals surface area contributed by atoms with Gasteiger partial charge in [0.2, 0.25) is 0 Å². The Morgan fingerprint density at radius 3 is 3.04 bits per heavy atom. The molecule has 2 atom stereocenters. The molecule has 2 heterocycles. The number of hydrogen-bond acceptors (Lipinski definition) is 5. The van der Waals surface area contributed by atoms with Crippen molar-refractivity contribution < 1.29 is 14.3 Å². The first-order valence-corrected chi connectivity index (χ1v) is 8.28. The molecular weight excluding hydrogens is 312 g/mol. The molecule has 2 rings (SSSR count). The lowest BCUT2D eigenvalue weighted by Gasteiger charge is -2.21. The molecule has 122 valence electrons. The van der Waals surface area contributed by atoms with E-state index in [1.54, 1.807) is 24.2 Å². The topological polar surface area (TPSA) is 59.5 Å². The van der Waals surface area contributed by atoms with Crippen LogP contribution >= 0.6 is 11.8 Å². The number of carbonyl (C=O) groups excluding carboxylic acids is 2. The number of amides is 1. The van der Waals surface area contributed by atoms with Crippen LogP contribution in [0.25, 0.3) is 6.08 Å². The number of carbonyl (C=O) groups is 2. The smallest absolute Gasteiger partial charge is 0.410 e. The first-order chi connectivity index (χ1) is 11.1. The van der Waals surface area contributed by atoms with Crippen molar-refractivity contribution in [3.05, 3.63) is 48.8 Å². The molecule has 0 bridgehead atoms. The summed E-state index contributed by atoms with van der Waals surface area (Å²) in [4.78, 5) is 29.2. The van der Waals surface area contributed by atoms with Gasteiger partial charge < -0.3 is 9.64 Å². The highest BCUT2D eigenvalue weighted by Gasteiger charge is 2.35. The summed E-state index contributed by atoms with van der Waals surface area (Å²) in [6, 6.07) is 3.71. The van der Waals surface area contributed by atoms with E-state index in [1.165, 1.54) is 17.8 Å². The van der Waals surface area contributed by atoms with Crippen molar-refractivity contribution in [1.29, 1.82) is 0 Å². The number of ether oxygens (including phenoxy) is 1. The zero-order valence-electron chi connectivity index (χ0n) is 13.1. The van der Waals surface area contributed by atoms with Crippen LogP contribution in [0.2, 0.25) is 0 Å². The normalized spacial score (nSPS) is 20.7. The van der Waals surface area contributed by atoms with Gasteiger partial charge in [0.15, 0.2) is 5.12 Å². The van der Waals surface area contributed by atoms with Gasteiger partial charge in [0.05, 0.1) is 6.04 Å². The Balaban J connectivity index is 2.08. The summed E-state index contributed by atoms with van der Waals surface area (Å²) < 4.78 is 5.14. The minimum absolute atomic E-state index is 0.0614. The fourth-order valence-electron chi connectivity index (χ4n) is 2.45. The molecule has 0 saturated carbocycles. The average molecular weight is 332 g/mol. The molecule has 23 heavy (non-hydrogen) atoms. The van der Waals surface area contributed by atoms with E-state index >= 15 is 0 Å². The van der Waals surface area contributed by atoms with Gasteiger partial charge >= 0.3 is 6.09 Å². The van der Waals surface area contributed by atoms with E-state index in [-0.39, 0.29) is 29.1 Å². The van der Waals surface area contributed by atoms with Crippen LogP contribution in [0.4, 0.5) is 4.79 Å². The number of rotatable bonds is 5. The summed E-state index contributed by atoms with van der Waals surface area (Å²) in [6.07, 6.45) is 9.26. The summed E-state index contributed by atoms with van der Waals surface area (Å²) in [5.74, 6) is 0. The maximum absolute atomic E-state index is 12.2. The number of pyridine rings is 1. The quantitative estimate of drug-likeness (QED) is 0.775. The Kier molecular flexibility index (Phi) is 6.40. The molecule has 1 aromatic rings. The first kappa shape index (κ1) is 17.3. The van der Waals surface area contributed by atoms with E-state index in [1.807, 2.05) is 24.3 Å². The maximum atomic E-state index is 12.2. The summed E-state index contributed by atoms with van der Waals surface area (Å²) >= 11 is 1.28. The van der Waals surface area contributed by atoms with Crippen LogP contribution in [0.15, 0.2) is 43.3 Å². The number of nitrogens with zero attached hydrogens (tertiary/aromatic N) is 2. The molecule has 0 aliphatic carbocycles. The highest BCUT2D eigenvalue weighted by Crippen LogP contribution is 2.29. The Labute approximate surface area is 140 Å². The third-order valence-corrected chi connectivity index (χ3v) is 4.40. The third kappa shape index (κ3) is 5.25. The molecule has 5 nitrogen and oxygen atoms in total.